The fraction of sp³-hybridized carbons (Fsp3) is 0.179. The van der Waals surface area contributed by atoms with E-state index in [9.17, 15) is 15.3 Å². The highest BCUT2D eigenvalue weighted by atomic mass is 16.5. The standard InChI is InChI=1S/C28H21N3O2/c1-33-22-12-7-11-21(16-22)25-26(27(32)20-9-3-2-4-10-20)31-23-13-6-5-8-19(23)14-15-24(31)28(25,17-29)18-30/h2-16,24-26H,1H3. The lowest BCUT2D eigenvalue weighted by Gasteiger charge is -2.35. The zero-order valence-corrected chi connectivity index (χ0v) is 18.1. The zero-order valence-electron chi connectivity index (χ0n) is 18.1. The summed E-state index contributed by atoms with van der Waals surface area (Å²) in [5.74, 6) is -0.189. The number of ketones is 1. The van der Waals surface area contributed by atoms with Crippen LogP contribution in [0.4, 0.5) is 5.69 Å². The van der Waals surface area contributed by atoms with E-state index in [2.05, 4.69) is 12.1 Å². The zero-order chi connectivity index (χ0) is 23.0. The number of anilines is 1. The maximum Gasteiger partial charge on any atom is 0.185 e. The summed E-state index contributed by atoms with van der Waals surface area (Å²) in [6.45, 7) is 0. The van der Waals surface area contributed by atoms with Gasteiger partial charge in [0.25, 0.3) is 0 Å². The Morgan fingerprint density at radius 3 is 2.42 bits per heavy atom. The maximum atomic E-state index is 14.1. The van der Waals surface area contributed by atoms with E-state index in [-0.39, 0.29) is 5.78 Å². The highest BCUT2D eigenvalue weighted by molar-refractivity contribution is 6.04. The predicted octanol–water partition coefficient (Wildman–Crippen LogP) is 4.98. The van der Waals surface area contributed by atoms with Crippen LogP contribution in [0.15, 0.2) is 84.9 Å². The number of para-hydroxylation sites is 1. The SMILES string of the molecule is COc1cccc(C2C(C(=O)c3ccccc3)N3c4ccccc4C=CC3C2(C#N)C#N)c1. The van der Waals surface area contributed by atoms with E-state index < -0.39 is 23.4 Å². The normalized spacial score (nSPS) is 21.9. The van der Waals surface area contributed by atoms with Crippen molar-refractivity contribution in [3.05, 3.63) is 102 Å². The number of benzene rings is 3. The van der Waals surface area contributed by atoms with Gasteiger partial charge in [-0.3, -0.25) is 4.79 Å². The van der Waals surface area contributed by atoms with Gasteiger partial charge in [-0.05, 0) is 29.3 Å². The summed E-state index contributed by atoms with van der Waals surface area (Å²) in [5, 5.41) is 20.9. The summed E-state index contributed by atoms with van der Waals surface area (Å²) in [6, 6.07) is 27.6. The van der Waals surface area contributed by atoms with Crippen LogP contribution in [0.3, 0.4) is 0 Å². The lowest BCUT2D eigenvalue weighted by molar-refractivity contribution is 0.0951. The molecule has 3 unspecified atom stereocenters. The Kier molecular flexibility index (Phi) is 4.96. The average Bonchev–Trinajstić information content (AvgIpc) is 3.19. The van der Waals surface area contributed by atoms with E-state index in [0.717, 1.165) is 16.8 Å². The first kappa shape index (κ1) is 20.5. The first-order valence-electron chi connectivity index (χ1n) is 10.8. The molecule has 0 amide bonds. The van der Waals surface area contributed by atoms with Gasteiger partial charge in [0.15, 0.2) is 11.2 Å². The Labute approximate surface area is 192 Å². The fourth-order valence-corrected chi connectivity index (χ4v) is 5.22. The molecule has 1 saturated heterocycles. The van der Waals surface area contributed by atoms with E-state index in [0.29, 0.717) is 11.3 Å². The first-order chi connectivity index (χ1) is 16.1. The maximum absolute atomic E-state index is 14.1. The minimum Gasteiger partial charge on any atom is -0.497 e. The summed E-state index contributed by atoms with van der Waals surface area (Å²) in [4.78, 5) is 16.0. The van der Waals surface area contributed by atoms with Crippen LogP contribution < -0.4 is 9.64 Å². The van der Waals surface area contributed by atoms with Gasteiger partial charge in [-0.1, -0.05) is 72.8 Å². The molecule has 1 fully saturated rings. The molecule has 3 aromatic carbocycles. The molecule has 33 heavy (non-hydrogen) atoms. The number of carbonyl (C=O) groups is 1. The molecular formula is C28H21N3O2. The van der Waals surface area contributed by atoms with E-state index in [1.165, 1.54) is 0 Å². The average molecular weight is 431 g/mol. The smallest absolute Gasteiger partial charge is 0.185 e. The summed E-state index contributed by atoms with van der Waals surface area (Å²) < 4.78 is 5.43. The highest BCUT2D eigenvalue weighted by Crippen LogP contribution is 2.55. The summed E-state index contributed by atoms with van der Waals surface area (Å²) in [7, 11) is 1.57. The van der Waals surface area contributed by atoms with Crippen molar-refractivity contribution in [2.75, 3.05) is 12.0 Å². The molecule has 5 nitrogen and oxygen atoms in total. The lowest BCUT2D eigenvalue weighted by Crippen LogP contribution is -2.44. The molecule has 5 heteroatoms. The van der Waals surface area contributed by atoms with Crippen molar-refractivity contribution in [3.8, 4) is 17.9 Å². The van der Waals surface area contributed by atoms with Gasteiger partial charge in [0.2, 0.25) is 0 Å². The Hall–Kier alpha value is -4.35. The second kappa shape index (κ2) is 7.97. The van der Waals surface area contributed by atoms with E-state index in [4.69, 9.17) is 4.74 Å². The van der Waals surface area contributed by atoms with Crippen LogP contribution in [0.5, 0.6) is 5.75 Å². The van der Waals surface area contributed by atoms with Gasteiger partial charge in [0.1, 0.15) is 11.8 Å². The van der Waals surface area contributed by atoms with Crippen LogP contribution in [-0.4, -0.2) is 25.0 Å². The van der Waals surface area contributed by atoms with E-state index in [1.807, 2.05) is 83.8 Å². The number of fused-ring (bicyclic) bond motifs is 3. The second-order valence-electron chi connectivity index (χ2n) is 8.29. The van der Waals surface area contributed by atoms with Gasteiger partial charge in [-0.15, -0.1) is 0 Å². The molecule has 0 bridgehead atoms. The van der Waals surface area contributed by atoms with Gasteiger partial charge in [-0.25, -0.2) is 0 Å². The number of ether oxygens (including phenoxy) is 1. The van der Waals surface area contributed by atoms with Gasteiger partial charge in [0, 0.05) is 17.2 Å². The minimum atomic E-state index is -1.47. The van der Waals surface area contributed by atoms with Crippen molar-refractivity contribution in [1.29, 1.82) is 10.5 Å². The summed E-state index contributed by atoms with van der Waals surface area (Å²) in [5.41, 5.74) is 1.61. The van der Waals surface area contributed by atoms with Crippen molar-refractivity contribution in [2.24, 2.45) is 5.41 Å². The molecule has 0 aliphatic carbocycles. The number of hydrogen-bond acceptors (Lipinski definition) is 5. The van der Waals surface area contributed by atoms with Crippen LogP contribution in [0.2, 0.25) is 0 Å². The summed E-state index contributed by atoms with van der Waals surface area (Å²) in [6.07, 6.45) is 3.83. The fourth-order valence-electron chi connectivity index (χ4n) is 5.22. The predicted molar refractivity (Wildman–Crippen MR) is 126 cm³/mol. The van der Waals surface area contributed by atoms with Gasteiger partial charge in [0.05, 0.1) is 25.3 Å². The van der Waals surface area contributed by atoms with Crippen molar-refractivity contribution in [1.82, 2.24) is 0 Å². The van der Waals surface area contributed by atoms with Crippen LogP contribution in [0.25, 0.3) is 6.08 Å². The van der Waals surface area contributed by atoms with Crippen molar-refractivity contribution in [2.45, 2.75) is 18.0 Å². The quantitative estimate of drug-likeness (QED) is 0.545. The molecular weight excluding hydrogens is 410 g/mol. The van der Waals surface area contributed by atoms with Gasteiger partial charge >= 0.3 is 0 Å². The number of methoxy groups -OCH3 is 1. The number of rotatable bonds is 4. The molecule has 0 N–H and O–H groups in total. The number of nitrogens with zero attached hydrogens (tertiary/aromatic N) is 3. The molecule has 2 heterocycles. The first-order valence-corrected chi connectivity index (χ1v) is 10.8. The molecule has 160 valence electrons. The molecule has 2 aliphatic heterocycles. The largest absolute Gasteiger partial charge is 0.497 e. The lowest BCUT2D eigenvalue weighted by atomic mass is 9.69. The molecule has 0 radical (unpaired) electrons. The van der Waals surface area contributed by atoms with Crippen LogP contribution >= 0.6 is 0 Å². The topological polar surface area (TPSA) is 77.1 Å². The van der Waals surface area contributed by atoms with E-state index in [1.54, 1.807) is 19.2 Å². The second-order valence-corrected chi connectivity index (χ2v) is 8.29. The highest BCUT2D eigenvalue weighted by Gasteiger charge is 2.63. The summed E-state index contributed by atoms with van der Waals surface area (Å²) >= 11 is 0. The van der Waals surface area contributed by atoms with Gasteiger partial charge in [-0.2, -0.15) is 10.5 Å². The molecule has 0 aromatic heterocycles. The minimum absolute atomic E-state index is 0.120. The van der Waals surface area contributed by atoms with Gasteiger partial charge < -0.3 is 9.64 Å². The number of hydrogen-bond donors (Lipinski definition) is 0. The number of nitriles is 2. The monoisotopic (exact) mass is 431 g/mol. The Morgan fingerprint density at radius 1 is 0.970 bits per heavy atom. The third-order valence-electron chi connectivity index (χ3n) is 6.70. The van der Waals surface area contributed by atoms with Crippen LogP contribution in [0, 0.1) is 28.1 Å². The molecule has 0 saturated carbocycles. The third-order valence-corrected chi connectivity index (χ3v) is 6.70. The third kappa shape index (κ3) is 3.02. The molecule has 3 atom stereocenters. The number of Topliss-reactive ketones (excluding diaryl/α,β-unsaturated/α-hetero) is 1. The molecule has 5 rings (SSSR count). The molecule has 2 aliphatic rings. The Balaban J connectivity index is 1.79. The Bertz CT molecular complexity index is 1320. The van der Waals surface area contributed by atoms with E-state index >= 15 is 0 Å². The molecule has 3 aromatic rings. The molecule has 0 spiro atoms. The number of carbonyl (C=O) groups excluding carboxylic acids is 1. The van der Waals surface area contributed by atoms with Crippen molar-refractivity contribution < 1.29 is 9.53 Å². The van der Waals surface area contributed by atoms with Crippen LogP contribution in [0.1, 0.15) is 27.4 Å². The van der Waals surface area contributed by atoms with Crippen LogP contribution in [-0.2, 0) is 0 Å². The van der Waals surface area contributed by atoms with Crippen molar-refractivity contribution in [3.63, 3.8) is 0 Å². The van der Waals surface area contributed by atoms with Crippen molar-refractivity contribution >= 4 is 17.5 Å². The Morgan fingerprint density at radius 2 is 1.70 bits per heavy atom.